The van der Waals surface area contributed by atoms with Crippen LogP contribution in [0, 0.1) is 0 Å². The van der Waals surface area contributed by atoms with Gasteiger partial charge < -0.3 is 15.0 Å². The van der Waals surface area contributed by atoms with Crippen LogP contribution >= 0.6 is 0 Å². The van der Waals surface area contributed by atoms with Crippen molar-refractivity contribution in [1.29, 1.82) is 0 Å². The Morgan fingerprint density at radius 1 is 1.53 bits per heavy atom. The second-order valence-corrected chi connectivity index (χ2v) is 5.58. The number of H-pyrrole nitrogens is 1. The van der Waals surface area contributed by atoms with E-state index in [0.29, 0.717) is 18.8 Å². The molecule has 0 aliphatic rings. The summed E-state index contributed by atoms with van der Waals surface area (Å²) in [6, 6.07) is 1.42. The Balaban J connectivity index is 2.56. The zero-order chi connectivity index (χ0) is 12.9. The molecule has 0 aromatic carbocycles. The van der Waals surface area contributed by atoms with E-state index >= 15 is 0 Å². The average Bonchev–Trinajstić information content (AvgIpc) is 2.77. The largest absolute Gasteiger partial charge is 0.390 e. The van der Waals surface area contributed by atoms with E-state index in [1.807, 2.05) is 18.9 Å². The Labute approximate surface area is 102 Å². The number of nitrogens with zero attached hydrogens (tertiary/aromatic N) is 1. The summed E-state index contributed by atoms with van der Waals surface area (Å²) in [5.74, 6) is 0. The van der Waals surface area contributed by atoms with Gasteiger partial charge in [-0.15, -0.1) is 0 Å². The van der Waals surface area contributed by atoms with Crippen LogP contribution in [0.3, 0.4) is 0 Å². The number of aromatic nitrogens is 1. The molecule has 0 fully saturated rings. The van der Waals surface area contributed by atoms with Gasteiger partial charge in [-0.2, -0.15) is 0 Å². The second kappa shape index (κ2) is 6.15. The van der Waals surface area contributed by atoms with Crippen LogP contribution in [0.25, 0.3) is 0 Å². The Morgan fingerprint density at radius 2 is 2.24 bits per heavy atom. The SMILES string of the molecule is CCN(C)CCNS(=O)(=O)c1c[nH]c(CO)c1. The maximum atomic E-state index is 11.8. The summed E-state index contributed by atoms with van der Waals surface area (Å²) in [6.45, 7) is 3.71. The molecule has 0 aliphatic carbocycles. The highest BCUT2D eigenvalue weighted by Crippen LogP contribution is 2.10. The molecule has 0 saturated heterocycles. The van der Waals surface area contributed by atoms with Gasteiger partial charge in [0.1, 0.15) is 0 Å². The molecule has 0 aliphatic heterocycles. The number of hydrogen-bond donors (Lipinski definition) is 3. The van der Waals surface area contributed by atoms with Crippen LogP contribution in [-0.2, 0) is 16.6 Å². The van der Waals surface area contributed by atoms with Crippen LogP contribution in [0.2, 0.25) is 0 Å². The van der Waals surface area contributed by atoms with Gasteiger partial charge in [0.15, 0.2) is 0 Å². The third-order valence-corrected chi connectivity index (χ3v) is 3.96. The number of aliphatic hydroxyl groups excluding tert-OH is 1. The van der Waals surface area contributed by atoms with Crippen molar-refractivity contribution < 1.29 is 13.5 Å². The maximum Gasteiger partial charge on any atom is 0.242 e. The highest BCUT2D eigenvalue weighted by Gasteiger charge is 2.15. The molecule has 0 atom stereocenters. The molecular weight excluding hydrogens is 242 g/mol. The lowest BCUT2D eigenvalue weighted by Gasteiger charge is -2.13. The number of rotatable bonds is 7. The molecule has 0 amide bonds. The molecular formula is C10H19N3O3S. The van der Waals surface area contributed by atoms with Gasteiger partial charge in [0.25, 0.3) is 0 Å². The van der Waals surface area contributed by atoms with Crippen LogP contribution < -0.4 is 4.72 Å². The monoisotopic (exact) mass is 261 g/mol. The number of aromatic amines is 1. The topological polar surface area (TPSA) is 85.4 Å². The Morgan fingerprint density at radius 3 is 2.76 bits per heavy atom. The lowest BCUT2D eigenvalue weighted by Crippen LogP contribution is -2.32. The standard InChI is InChI=1S/C10H19N3O3S/c1-3-13(2)5-4-12-17(15,16)10-6-9(8-14)11-7-10/h6-7,11-12,14H,3-5,8H2,1-2H3. The summed E-state index contributed by atoms with van der Waals surface area (Å²) in [5, 5.41) is 8.84. The van der Waals surface area contributed by atoms with Crippen molar-refractivity contribution in [3.63, 3.8) is 0 Å². The predicted octanol–water partition coefficient (Wildman–Crippen LogP) is -0.263. The first-order valence-corrected chi connectivity index (χ1v) is 6.94. The highest BCUT2D eigenvalue weighted by molar-refractivity contribution is 7.89. The van der Waals surface area contributed by atoms with Gasteiger partial charge in [-0.3, -0.25) is 0 Å². The normalized spacial score (nSPS) is 12.2. The smallest absolute Gasteiger partial charge is 0.242 e. The van der Waals surface area contributed by atoms with Crippen LogP contribution in [-0.4, -0.2) is 50.1 Å². The zero-order valence-corrected chi connectivity index (χ0v) is 10.9. The number of hydrogen-bond acceptors (Lipinski definition) is 4. The summed E-state index contributed by atoms with van der Waals surface area (Å²) >= 11 is 0. The van der Waals surface area contributed by atoms with Crippen LogP contribution in [0.15, 0.2) is 17.2 Å². The van der Waals surface area contributed by atoms with Crippen molar-refractivity contribution >= 4 is 10.0 Å². The quantitative estimate of drug-likeness (QED) is 0.631. The first kappa shape index (κ1) is 14.2. The fraction of sp³-hybridized carbons (Fsp3) is 0.600. The minimum absolute atomic E-state index is 0.153. The molecule has 17 heavy (non-hydrogen) atoms. The van der Waals surface area contributed by atoms with Gasteiger partial charge >= 0.3 is 0 Å². The average molecular weight is 261 g/mol. The maximum absolute atomic E-state index is 11.8. The third-order valence-electron chi connectivity index (χ3n) is 2.52. The molecule has 98 valence electrons. The summed E-state index contributed by atoms with van der Waals surface area (Å²) in [5.41, 5.74) is 0.482. The van der Waals surface area contributed by atoms with E-state index in [0.717, 1.165) is 6.54 Å². The Bertz CT molecular complexity index is 441. The highest BCUT2D eigenvalue weighted by atomic mass is 32.2. The van der Waals surface area contributed by atoms with E-state index < -0.39 is 10.0 Å². The van der Waals surface area contributed by atoms with Gasteiger partial charge in [-0.1, -0.05) is 6.92 Å². The van der Waals surface area contributed by atoms with Crippen molar-refractivity contribution in [2.24, 2.45) is 0 Å². The number of nitrogens with one attached hydrogen (secondary N) is 2. The van der Waals surface area contributed by atoms with Crippen LogP contribution in [0.5, 0.6) is 0 Å². The minimum atomic E-state index is -3.47. The van der Waals surface area contributed by atoms with Crippen molar-refractivity contribution in [3.8, 4) is 0 Å². The van der Waals surface area contributed by atoms with Gasteiger partial charge in [0, 0.05) is 25.0 Å². The van der Waals surface area contributed by atoms with E-state index in [9.17, 15) is 8.42 Å². The molecule has 0 radical (unpaired) electrons. The predicted molar refractivity (Wildman–Crippen MR) is 65.1 cm³/mol. The number of sulfonamides is 1. The van der Waals surface area contributed by atoms with Crippen molar-refractivity contribution in [3.05, 3.63) is 18.0 Å². The summed E-state index contributed by atoms with van der Waals surface area (Å²) in [7, 11) is -1.55. The first-order valence-electron chi connectivity index (χ1n) is 5.46. The Kier molecular flexibility index (Phi) is 5.13. The van der Waals surface area contributed by atoms with Crippen molar-refractivity contribution in [2.45, 2.75) is 18.4 Å². The Hall–Kier alpha value is -0.890. The third kappa shape index (κ3) is 4.12. The molecule has 1 aromatic rings. The number of likely N-dealkylation sites (N-methyl/N-ethyl adjacent to an activating group) is 1. The van der Waals surface area contributed by atoms with E-state index in [1.165, 1.54) is 12.3 Å². The molecule has 1 aromatic heterocycles. The summed E-state index contributed by atoms with van der Waals surface area (Å²) in [4.78, 5) is 4.86. The fourth-order valence-corrected chi connectivity index (χ4v) is 2.32. The first-order chi connectivity index (χ1) is 7.99. The van der Waals surface area contributed by atoms with Crippen molar-refractivity contribution in [2.75, 3.05) is 26.7 Å². The lowest BCUT2D eigenvalue weighted by molar-refractivity contribution is 0.277. The van der Waals surface area contributed by atoms with E-state index in [4.69, 9.17) is 5.11 Å². The molecule has 1 heterocycles. The van der Waals surface area contributed by atoms with E-state index in [2.05, 4.69) is 9.71 Å². The summed E-state index contributed by atoms with van der Waals surface area (Å²) in [6.07, 6.45) is 1.37. The van der Waals surface area contributed by atoms with Crippen LogP contribution in [0.4, 0.5) is 0 Å². The van der Waals surface area contributed by atoms with Gasteiger partial charge in [-0.05, 0) is 19.7 Å². The molecule has 1 rings (SSSR count). The van der Waals surface area contributed by atoms with Crippen molar-refractivity contribution in [1.82, 2.24) is 14.6 Å². The van der Waals surface area contributed by atoms with Gasteiger partial charge in [0.2, 0.25) is 10.0 Å². The van der Waals surface area contributed by atoms with Gasteiger partial charge in [-0.25, -0.2) is 13.1 Å². The molecule has 0 bridgehead atoms. The van der Waals surface area contributed by atoms with E-state index in [-0.39, 0.29) is 11.5 Å². The minimum Gasteiger partial charge on any atom is -0.390 e. The molecule has 6 nitrogen and oxygen atoms in total. The summed E-state index contributed by atoms with van der Waals surface area (Å²) < 4.78 is 26.1. The number of aliphatic hydroxyl groups is 1. The molecule has 0 saturated carbocycles. The second-order valence-electron chi connectivity index (χ2n) is 3.81. The molecule has 0 unspecified atom stereocenters. The zero-order valence-electron chi connectivity index (χ0n) is 10.1. The lowest BCUT2D eigenvalue weighted by atomic mass is 10.5. The molecule has 0 spiro atoms. The fourth-order valence-electron chi connectivity index (χ4n) is 1.28. The van der Waals surface area contributed by atoms with E-state index in [1.54, 1.807) is 0 Å². The molecule has 7 heteroatoms. The molecule has 3 N–H and O–H groups in total. The van der Waals surface area contributed by atoms with Crippen LogP contribution in [0.1, 0.15) is 12.6 Å². The van der Waals surface area contributed by atoms with Gasteiger partial charge in [0.05, 0.1) is 11.5 Å².